The predicted octanol–water partition coefficient (Wildman–Crippen LogP) is 4.63. The molecule has 1 aromatic carbocycles. The normalized spacial score (nSPS) is 11.2. The van der Waals surface area contributed by atoms with E-state index < -0.39 is 0 Å². The van der Waals surface area contributed by atoms with E-state index in [2.05, 4.69) is 24.1 Å². The van der Waals surface area contributed by atoms with Crippen molar-refractivity contribution >= 4 is 22.5 Å². The number of H-pyrrole nitrogens is 1. The molecule has 0 fully saturated rings. The van der Waals surface area contributed by atoms with Crippen molar-refractivity contribution in [2.24, 2.45) is 5.92 Å². The molecule has 3 nitrogen and oxygen atoms in total. The smallest absolute Gasteiger partial charge is 0.224 e. The summed E-state index contributed by atoms with van der Waals surface area (Å²) in [7, 11) is 0. The summed E-state index contributed by atoms with van der Waals surface area (Å²) in [6.45, 7) is 6.43. The van der Waals surface area contributed by atoms with Crippen molar-refractivity contribution in [3.8, 4) is 0 Å². The molecule has 0 unspecified atom stereocenters. The Hall–Kier alpha value is -1.77. The first-order valence-corrected chi connectivity index (χ1v) is 7.45. The molecule has 0 aliphatic rings. The van der Waals surface area contributed by atoms with Gasteiger partial charge in [-0.2, -0.15) is 0 Å². The fourth-order valence-electron chi connectivity index (χ4n) is 2.48. The molecule has 1 amide bonds. The van der Waals surface area contributed by atoms with Gasteiger partial charge in [-0.1, -0.05) is 44.9 Å². The monoisotopic (exact) mass is 272 g/mol. The van der Waals surface area contributed by atoms with Gasteiger partial charge in [0.1, 0.15) is 0 Å². The minimum absolute atomic E-state index is 0.113. The Morgan fingerprint density at radius 2 is 2.00 bits per heavy atom. The van der Waals surface area contributed by atoms with E-state index in [9.17, 15) is 4.79 Å². The molecule has 0 radical (unpaired) electrons. The Morgan fingerprint density at radius 3 is 2.75 bits per heavy atom. The van der Waals surface area contributed by atoms with Crippen LogP contribution in [0.2, 0.25) is 0 Å². The van der Waals surface area contributed by atoms with E-state index in [4.69, 9.17) is 0 Å². The SMILES string of the molecule is Cc1[nH]c2ccccc2c1NC(=O)CCCCC(C)C. The molecule has 2 rings (SSSR count). The zero-order valence-electron chi connectivity index (χ0n) is 12.6. The molecule has 0 atom stereocenters. The van der Waals surface area contributed by atoms with E-state index in [1.54, 1.807) is 0 Å². The molecule has 1 aromatic heterocycles. The molecule has 0 aliphatic heterocycles. The van der Waals surface area contributed by atoms with Crippen molar-refractivity contribution in [1.29, 1.82) is 0 Å². The topological polar surface area (TPSA) is 44.9 Å². The Bertz CT molecular complexity index is 584. The predicted molar refractivity (Wildman–Crippen MR) is 85.0 cm³/mol. The number of carbonyl (C=O) groups excluding carboxylic acids is 1. The number of aromatic nitrogens is 1. The molecule has 0 spiro atoms. The van der Waals surface area contributed by atoms with Gasteiger partial charge >= 0.3 is 0 Å². The van der Waals surface area contributed by atoms with Gasteiger partial charge in [0.2, 0.25) is 5.91 Å². The van der Waals surface area contributed by atoms with Crippen molar-refractivity contribution in [1.82, 2.24) is 4.98 Å². The summed E-state index contributed by atoms with van der Waals surface area (Å²) in [5, 5.41) is 4.13. The van der Waals surface area contributed by atoms with Crippen molar-refractivity contribution < 1.29 is 4.79 Å². The van der Waals surface area contributed by atoms with Crippen LogP contribution < -0.4 is 5.32 Å². The summed E-state index contributed by atoms with van der Waals surface area (Å²) in [4.78, 5) is 15.3. The van der Waals surface area contributed by atoms with E-state index in [1.165, 1.54) is 6.42 Å². The fraction of sp³-hybridized carbons (Fsp3) is 0.471. The lowest BCUT2D eigenvalue weighted by molar-refractivity contribution is -0.116. The second-order valence-electron chi connectivity index (χ2n) is 5.86. The highest BCUT2D eigenvalue weighted by Crippen LogP contribution is 2.27. The fourth-order valence-corrected chi connectivity index (χ4v) is 2.48. The Labute approximate surface area is 120 Å². The highest BCUT2D eigenvalue weighted by Gasteiger charge is 2.10. The number of amides is 1. The number of aromatic amines is 1. The minimum Gasteiger partial charge on any atom is -0.357 e. The number of anilines is 1. The number of fused-ring (bicyclic) bond motifs is 1. The largest absolute Gasteiger partial charge is 0.357 e. The zero-order chi connectivity index (χ0) is 14.5. The third-order valence-electron chi connectivity index (χ3n) is 3.59. The van der Waals surface area contributed by atoms with Gasteiger partial charge in [-0.3, -0.25) is 4.79 Å². The number of benzene rings is 1. The summed E-state index contributed by atoms with van der Waals surface area (Å²) in [5.74, 6) is 0.829. The van der Waals surface area contributed by atoms with Crippen molar-refractivity contribution in [3.05, 3.63) is 30.0 Å². The highest BCUT2D eigenvalue weighted by molar-refractivity contribution is 6.02. The summed E-state index contributed by atoms with van der Waals surface area (Å²) in [6, 6.07) is 8.05. The Balaban J connectivity index is 1.94. The number of rotatable bonds is 6. The summed E-state index contributed by atoms with van der Waals surface area (Å²) in [6.07, 6.45) is 3.88. The van der Waals surface area contributed by atoms with E-state index in [1.807, 2.05) is 31.2 Å². The maximum atomic E-state index is 12.0. The van der Waals surface area contributed by atoms with Crippen molar-refractivity contribution in [3.63, 3.8) is 0 Å². The molecule has 108 valence electrons. The lowest BCUT2D eigenvalue weighted by Crippen LogP contribution is -2.11. The van der Waals surface area contributed by atoms with E-state index in [0.29, 0.717) is 12.3 Å². The molecule has 20 heavy (non-hydrogen) atoms. The number of nitrogens with one attached hydrogen (secondary N) is 2. The number of hydrogen-bond donors (Lipinski definition) is 2. The van der Waals surface area contributed by atoms with E-state index in [-0.39, 0.29) is 5.91 Å². The molecule has 2 N–H and O–H groups in total. The highest BCUT2D eigenvalue weighted by atomic mass is 16.1. The van der Waals surface area contributed by atoms with Crippen LogP contribution in [0.5, 0.6) is 0 Å². The van der Waals surface area contributed by atoms with Crippen molar-refractivity contribution in [2.75, 3.05) is 5.32 Å². The maximum Gasteiger partial charge on any atom is 0.224 e. The average Bonchev–Trinajstić information content (AvgIpc) is 2.71. The molecule has 0 saturated carbocycles. The number of hydrogen-bond acceptors (Lipinski definition) is 1. The van der Waals surface area contributed by atoms with Crippen molar-refractivity contribution in [2.45, 2.75) is 46.5 Å². The molecule has 2 aromatic rings. The molecule has 3 heteroatoms. The van der Waals surface area contributed by atoms with Crippen LogP contribution in [0.25, 0.3) is 10.9 Å². The Morgan fingerprint density at radius 1 is 1.25 bits per heavy atom. The van der Waals surface area contributed by atoms with Gasteiger partial charge in [-0.25, -0.2) is 0 Å². The van der Waals surface area contributed by atoms with Gasteiger partial charge in [-0.05, 0) is 25.3 Å². The van der Waals surface area contributed by atoms with Crippen LogP contribution in [-0.4, -0.2) is 10.9 Å². The van der Waals surface area contributed by atoms with E-state index in [0.717, 1.165) is 35.1 Å². The van der Waals surface area contributed by atoms with Crippen LogP contribution in [0.15, 0.2) is 24.3 Å². The Kier molecular flexibility index (Phi) is 4.83. The van der Waals surface area contributed by atoms with Gasteiger partial charge in [0.25, 0.3) is 0 Å². The van der Waals surface area contributed by atoms with E-state index >= 15 is 0 Å². The number of para-hydroxylation sites is 1. The van der Waals surface area contributed by atoms with Gasteiger partial charge in [0.15, 0.2) is 0 Å². The first-order chi connectivity index (χ1) is 9.58. The first-order valence-electron chi connectivity index (χ1n) is 7.45. The second-order valence-corrected chi connectivity index (χ2v) is 5.86. The molecule has 0 saturated heterocycles. The summed E-state index contributed by atoms with van der Waals surface area (Å²) in [5.41, 5.74) is 3.01. The number of carbonyl (C=O) groups is 1. The lowest BCUT2D eigenvalue weighted by Gasteiger charge is -2.06. The minimum atomic E-state index is 0.113. The van der Waals surface area contributed by atoms with Gasteiger partial charge in [-0.15, -0.1) is 0 Å². The van der Waals surface area contributed by atoms with Crippen LogP contribution >= 0.6 is 0 Å². The van der Waals surface area contributed by atoms with Gasteiger partial charge in [0.05, 0.1) is 5.69 Å². The van der Waals surface area contributed by atoms with Crippen LogP contribution in [0.4, 0.5) is 5.69 Å². The van der Waals surface area contributed by atoms with Crippen LogP contribution in [0.3, 0.4) is 0 Å². The van der Waals surface area contributed by atoms with Gasteiger partial charge in [0, 0.05) is 23.0 Å². The molecule has 0 bridgehead atoms. The lowest BCUT2D eigenvalue weighted by atomic mass is 10.1. The summed E-state index contributed by atoms with van der Waals surface area (Å²) < 4.78 is 0. The quantitative estimate of drug-likeness (QED) is 0.740. The van der Waals surface area contributed by atoms with Crippen LogP contribution in [-0.2, 0) is 4.79 Å². The van der Waals surface area contributed by atoms with Crippen LogP contribution in [0, 0.1) is 12.8 Å². The molecule has 0 aliphatic carbocycles. The number of aryl methyl sites for hydroxylation is 1. The molecular formula is C17H24N2O. The number of unbranched alkanes of at least 4 members (excludes halogenated alkanes) is 1. The molecule has 1 heterocycles. The maximum absolute atomic E-state index is 12.0. The molecular weight excluding hydrogens is 248 g/mol. The first kappa shape index (κ1) is 14.6. The summed E-state index contributed by atoms with van der Waals surface area (Å²) >= 11 is 0. The van der Waals surface area contributed by atoms with Crippen LogP contribution in [0.1, 0.15) is 45.2 Å². The second kappa shape index (κ2) is 6.60. The van der Waals surface area contributed by atoms with Gasteiger partial charge < -0.3 is 10.3 Å². The third kappa shape index (κ3) is 3.62. The standard InChI is InChI=1S/C17H24N2O/c1-12(2)8-4-7-11-16(20)19-17-13(3)18-15-10-6-5-9-14(15)17/h5-6,9-10,12,18H,4,7-8,11H2,1-3H3,(H,19,20). The zero-order valence-corrected chi connectivity index (χ0v) is 12.6. The average molecular weight is 272 g/mol. The third-order valence-corrected chi connectivity index (χ3v) is 3.59.